The van der Waals surface area contributed by atoms with Gasteiger partial charge in [-0.05, 0) is 27.8 Å². The number of aromatic carboxylic acids is 1. The summed E-state index contributed by atoms with van der Waals surface area (Å²) >= 11 is 0. The Hall–Kier alpha value is -1.83. The Morgan fingerprint density at radius 2 is 1.76 bits per heavy atom. The molecule has 2 heteroatoms. The maximum atomic E-state index is 11.3. The largest absolute Gasteiger partial charge is 0.478 e. The van der Waals surface area contributed by atoms with Crippen LogP contribution < -0.4 is 0 Å². The molecule has 0 spiro atoms. The molecule has 0 aliphatic carbocycles. The van der Waals surface area contributed by atoms with Gasteiger partial charge in [-0.1, -0.05) is 51.1 Å². The van der Waals surface area contributed by atoms with Gasteiger partial charge in [0.05, 0.1) is 5.56 Å². The first kappa shape index (κ1) is 11.6. The van der Waals surface area contributed by atoms with Gasteiger partial charge in [0, 0.05) is 0 Å². The number of fused-ring (bicyclic) bond motifs is 1. The van der Waals surface area contributed by atoms with Gasteiger partial charge < -0.3 is 5.11 Å². The number of rotatable bonds is 1. The molecule has 0 unspecified atom stereocenters. The van der Waals surface area contributed by atoms with E-state index in [0.29, 0.717) is 5.56 Å². The molecule has 0 aromatic heterocycles. The van der Waals surface area contributed by atoms with Crippen molar-refractivity contribution in [1.82, 2.24) is 0 Å². The summed E-state index contributed by atoms with van der Waals surface area (Å²) in [6.07, 6.45) is 0. The lowest BCUT2D eigenvalue weighted by Gasteiger charge is -2.20. The first-order chi connectivity index (χ1) is 7.89. The fourth-order valence-electron chi connectivity index (χ4n) is 1.92. The molecule has 2 aromatic rings. The highest BCUT2D eigenvalue weighted by molar-refractivity contribution is 6.04. The summed E-state index contributed by atoms with van der Waals surface area (Å²) in [4.78, 5) is 11.3. The van der Waals surface area contributed by atoms with Crippen molar-refractivity contribution in [3.8, 4) is 0 Å². The summed E-state index contributed by atoms with van der Waals surface area (Å²) in [6, 6.07) is 11.5. The van der Waals surface area contributed by atoms with E-state index in [9.17, 15) is 9.90 Å². The van der Waals surface area contributed by atoms with Crippen LogP contribution in [0.25, 0.3) is 10.8 Å². The number of hydrogen-bond donors (Lipinski definition) is 1. The van der Waals surface area contributed by atoms with E-state index in [2.05, 4.69) is 26.8 Å². The van der Waals surface area contributed by atoms with E-state index in [4.69, 9.17) is 0 Å². The van der Waals surface area contributed by atoms with Crippen LogP contribution >= 0.6 is 0 Å². The van der Waals surface area contributed by atoms with Crippen LogP contribution in [0.4, 0.5) is 0 Å². The molecular weight excluding hydrogens is 212 g/mol. The molecule has 0 saturated heterocycles. The zero-order chi connectivity index (χ0) is 12.6. The van der Waals surface area contributed by atoms with E-state index >= 15 is 0 Å². The van der Waals surface area contributed by atoms with Crippen molar-refractivity contribution in [3.63, 3.8) is 0 Å². The minimum absolute atomic E-state index is 0.0474. The van der Waals surface area contributed by atoms with Crippen LogP contribution in [0.5, 0.6) is 0 Å². The Kier molecular flexibility index (Phi) is 2.66. The van der Waals surface area contributed by atoms with Gasteiger partial charge in [-0.15, -0.1) is 0 Å². The molecule has 2 nitrogen and oxygen atoms in total. The Balaban J connectivity index is 2.81. The second-order valence-electron chi connectivity index (χ2n) is 5.30. The molecule has 2 aromatic carbocycles. The van der Waals surface area contributed by atoms with Gasteiger partial charge in [-0.2, -0.15) is 0 Å². The molecule has 0 bridgehead atoms. The highest BCUT2D eigenvalue weighted by atomic mass is 16.4. The van der Waals surface area contributed by atoms with Gasteiger partial charge in [0.15, 0.2) is 0 Å². The molecule has 0 amide bonds. The Labute approximate surface area is 101 Å². The number of carboxylic acid groups (broad SMARTS) is 1. The van der Waals surface area contributed by atoms with Crippen molar-refractivity contribution in [2.75, 3.05) is 0 Å². The monoisotopic (exact) mass is 228 g/mol. The summed E-state index contributed by atoms with van der Waals surface area (Å²) in [5.41, 5.74) is 1.38. The fourth-order valence-corrected chi connectivity index (χ4v) is 1.92. The SMILES string of the molecule is CC(C)(C)c1cc(C(=O)O)c2ccccc2c1. The topological polar surface area (TPSA) is 37.3 Å². The van der Waals surface area contributed by atoms with Crippen molar-refractivity contribution in [2.24, 2.45) is 0 Å². The first-order valence-corrected chi connectivity index (χ1v) is 5.66. The van der Waals surface area contributed by atoms with E-state index in [0.717, 1.165) is 16.3 Å². The predicted octanol–water partition coefficient (Wildman–Crippen LogP) is 3.84. The van der Waals surface area contributed by atoms with Gasteiger partial charge >= 0.3 is 5.97 Å². The van der Waals surface area contributed by atoms with Crippen LogP contribution in [0.2, 0.25) is 0 Å². The van der Waals surface area contributed by atoms with Gasteiger partial charge in [0.1, 0.15) is 0 Å². The number of carboxylic acids is 1. The average Bonchev–Trinajstić information content (AvgIpc) is 2.26. The average molecular weight is 228 g/mol. The minimum Gasteiger partial charge on any atom is -0.478 e. The van der Waals surface area contributed by atoms with Crippen LogP contribution in [0, 0.1) is 0 Å². The third kappa shape index (κ3) is 2.16. The van der Waals surface area contributed by atoms with Crippen LogP contribution in [-0.4, -0.2) is 11.1 Å². The van der Waals surface area contributed by atoms with Crippen LogP contribution in [0.15, 0.2) is 36.4 Å². The zero-order valence-electron chi connectivity index (χ0n) is 10.3. The number of benzene rings is 2. The number of carbonyl (C=O) groups is 1. The Morgan fingerprint density at radius 3 is 2.35 bits per heavy atom. The van der Waals surface area contributed by atoms with E-state index in [1.807, 2.05) is 24.3 Å². The Bertz CT molecular complexity index is 577. The highest BCUT2D eigenvalue weighted by Crippen LogP contribution is 2.28. The molecule has 0 saturated carbocycles. The smallest absolute Gasteiger partial charge is 0.336 e. The molecule has 88 valence electrons. The lowest BCUT2D eigenvalue weighted by molar-refractivity contribution is 0.0699. The molecule has 17 heavy (non-hydrogen) atoms. The maximum absolute atomic E-state index is 11.3. The third-order valence-corrected chi connectivity index (χ3v) is 2.96. The van der Waals surface area contributed by atoms with Crippen molar-refractivity contribution in [1.29, 1.82) is 0 Å². The minimum atomic E-state index is -0.868. The highest BCUT2D eigenvalue weighted by Gasteiger charge is 2.18. The van der Waals surface area contributed by atoms with Crippen molar-refractivity contribution in [3.05, 3.63) is 47.5 Å². The molecule has 0 radical (unpaired) electrons. The van der Waals surface area contributed by atoms with E-state index in [-0.39, 0.29) is 5.41 Å². The second kappa shape index (κ2) is 3.88. The molecular formula is C15H16O2. The van der Waals surface area contributed by atoms with E-state index in [1.165, 1.54) is 0 Å². The Morgan fingerprint density at radius 1 is 1.12 bits per heavy atom. The summed E-state index contributed by atoms with van der Waals surface area (Å²) in [7, 11) is 0. The second-order valence-corrected chi connectivity index (χ2v) is 5.30. The quantitative estimate of drug-likeness (QED) is 0.805. The van der Waals surface area contributed by atoms with E-state index < -0.39 is 5.97 Å². The van der Waals surface area contributed by atoms with Crippen molar-refractivity contribution < 1.29 is 9.90 Å². The summed E-state index contributed by atoms with van der Waals surface area (Å²) in [5.74, 6) is -0.868. The van der Waals surface area contributed by atoms with Gasteiger partial charge in [0.2, 0.25) is 0 Å². The fraction of sp³-hybridized carbons (Fsp3) is 0.267. The van der Waals surface area contributed by atoms with Gasteiger partial charge in [-0.3, -0.25) is 0 Å². The van der Waals surface area contributed by atoms with Gasteiger partial charge in [-0.25, -0.2) is 4.79 Å². The lowest BCUT2D eigenvalue weighted by atomic mass is 9.84. The molecule has 0 aliphatic heterocycles. The first-order valence-electron chi connectivity index (χ1n) is 5.66. The van der Waals surface area contributed by atoms with Crippen LogP contribution in [0.1, 0.15) is 36.7 Å². The van der Waals surface area contributed by atoms with Crippen molar-refractivity contribution >= 4 is 16.7 Å². The molecule has 2 rings (SSSR count). The molecule has 1 N–H and O–H groups in total. The molecule has 0 heterocycles. The van der Waals surface area contributed by atoms with Crippen molar-refractivity contribution in [2.45, 2.75) is 26.2 Å². The summed E-state index contributed by atoms with van der Waals surface area (Å²) < 4.78 is 0. The zero-order valence-corrected chi connectivity index (χ0v) is 10.3. The maximum Gasteiger partial charge on any atom is 0.336 e. The molecule has 0 fully saturated rings. The summed E-state index contributed by atoms with van der Waals surface area (Å²) in [6.45, 7) is 6.26. The van der Waals surface area contributed by atoms with Crippen LogP contribution in [-0.2, 0) is 5.41 Å². The predicted molar refractivity (Wildman–Crippen MR) is 69.6 cm³/mol. The number of hydrogen-bond acceptors (Lipinski definition) is 1. The normalized spacial score (nSPS) is 11.7. The van der Waals surface area contributed by atoms with Gasteiger partial charge in [0.25, 0.3) is 0 Å². The standard InChI is InChI=1S/C15H16O2/c1-15(2,3)11-8-10-6-4-5-7-12(10)13(9-11)14(16)17/h4-9H,1-3H3,(H,16,17). The van der Waals surface area contributed by atoms with E-state index in [1.54, 1.807) is 6.07 Å². The van der Waals surface area contributed by atoms with Crippen LogP contribution in [0.3, 0.4) is 0 Å². The molecule has 0 atom stereocenters. The summed E-state index contributed by atoms with van der Waals surface area (Å²) in [5, 5.41) is 11.1. The molecule has 0 aliphatic rings. The lowest BCUT2D eigenvalue weighted by Crippen LogP contribution is -2.12. The third-order valence-electron chi connectivity index (χ3n) is 2.96.